The van der Waals surface area contributed by atoms with E-state index in [1.165, 1.54) is 23.2 Å². The van der Waals surface area contributed by atoms with Crippen molar-refractivity contribution in [2.24, 2.45) is 22.2 Å². The van der Waals surface area contributed by atoms with Gasteiger partial charge in [0.05, 0.1) is 30.3 Å². The highest BCUT2D eigenvalue weighted by Crippen LogP contribution is 2.31. The number of likely N-dealkylation sites (N-methyl/N-ethyl adjacent to an activating group) is 1. The Morgan fingerprint density at radius 1 is 1.05 bits per heavy atom. The van der Waals surface area contributed by atoms with Crippen LogP contribution in [0.15, 0.2) is 39.9 Å². The molecular weight excluding hydrogens is 550 g/mol. The van der Waals surface area contributed by atoms with Crippen molar-refractivity contribution in [2.45, 2.75) is 134 Å². The summed E-state index contributed by atoms with van der Waals surface area (Å²) in [4.78, 5) is 18.7. The minimum atomic E-state index is -1.28. The summed E-state index contributed by atoms with van der Waals surface area (Å²) in [7, 11) is 2.94. The predicted octanol–water partition coefficient (Wildman–Crippen LogP) is 1.95. The molecule has 11 nitrogen and oxygen atoms in total. The normalized spacial score (nSPS) is 33.0. The molecule has 0 bridgehead atoms. The van der Waals surface area contributed by atoms with Gasteiger partial charge in [0.25, 0.3) is 0 Å². The molecule has 10 atom stereocenters. The van der Waals surface area contributed by atoms with Crippen molar-refractivity contribution in [3.63, 3.8) is 0 Å². The van der Waals surface area contributed by atoms with Crippen LogP contribution in [0.1, 0.15) is 73.1 Å². The van der Waals surface area contributed by atoms with E-state index >= 15 is 0 Å². The number of nitrogens with zero attached hydrogens (tertiary/aromatic N) is 2. The first-order valence-corrected chi connectivity index (χ1v) is 15.4. The molecule has 1 saturated carbocycles. The number of aliphatic imine (C=N–C) groups is 1. The zero-order chi connectivity index (χ0) is 32.3. The highest BCUT2D eigenvalue weighted by molar-refractivity contribution is 5.81. The second kappa shape index (κ2) is 18.1. The van der Waals surface area contributed by atoms with E-state index in [0.717, 1.165) is 31.3 Å². The predicted molar refractivity (Wildman–Crippen MR) is 171 cm³/mol. The SMILES string of the molecule is CO[C@H]1[C@@H](O)[C@H](N)C(O[C@H]2O[C@H](C(C)N)CC[C@H]2N)[C@H](O)[C@@H]1N(C)C(=O)CN=C/C=C(\C)CC/C=C(\C)CCC=C(C)C. The van der Waals surface area contributed by atoms with Gasteiger partial charge in [0, 0.05) is 26.4 Å². The molecule has 1 aliphatic heterocycles. The molecule has 0 aromatic rings. The molecule has 1 amide bonds. The van der Waals surface area contributed by atoms with Crippen LogP contribution in [-0.2, 0) is 19.0 Å². The average molecular weight is 608 g/mol. The lowest BCUT2D eigenvalue weighted by Gasteiger charge is -2.50. The molecule has 11 heteroatoms. The number of aliphatic hydroxyl groups is 2. The molecule has 246 valence electrons. The van der Waals surface area contributed by atoms with Crippen LogP contribution in [0.25, 0.3) is 0 Å². The molecular formula is C32H57N5O6. The average Bonchev–Trinajstić information content (AvgIpc) is 2.95. The van der Waals surface area contributed by atoms with Gasteiger partial charge in [0.15, 0.2) is 6.29 Å². The van der Waals surface area contributed by atoms with Crippen LogP contribution in [0.3, 0.4) is 0 Å². The van der Waals surface area contributed by atoms with Crippen molar-refractivity contribution in [3.05, 3.63) is 34.9 Å². The Balaban J connectivity index is 2.00. The van der Waals surface area contributed by atoms with Crippen molar-refractivity contribution in [3.8, 4) is 0 Å². The van der Waals surface area contributed by atoms with E-state index in [1.807, 2.05) is 19.9 Å². The summed E-state index contributed by atoms with van der Waals surface area (Å²) in [6, 6.07) is -2.64. The van der Waals surface area contributed by atoms with Gasteiger partial charge in [-0.25, -0.2) is 0 Å². The summed E-state index contributed by atoms with van der Waals surface area (Å²) in [5.74, 6) is -0.354. The van der Waals surface area contributed by atoms with E-state index in [1.54, 1.807) is 13.3 Å². The fraction of sp³-hybridized carbons (Fsp3) is 0.750. The Bertz CT molecular complexity index is 995. The first kappa shape index (κ1) is 37.2. The summed E-state index contributed by atoms with van der Waals surface area (Å²) in [6.45, 7) is 10.1. The van der Waals surface area contributed by atoms with Gasteiger partial charge in [-0.05, 0) is 79.2 Å². The monoisotopic (exact) mass is 607 g/mol. The van der Waals surface area contributed by atoms with Gasteiger partial charge >= 0.3 is 0 Å². The Morgan fingerprint density at radius 2 is 1.70 bits per heavy atom. The van der Waals surface area contributed by atoms with Crippen molar-refractivity contribution >= 4 is 12.1 Å². The lowest BCUT2D eigenvalue weighted by Crippen LogP contribution is -2.72. The molecule has 2 aliphatic rings. The number of aliphatic hydroxyl groups excluding tert-OH is 2. The molecule has 2 rings (SSSR count). The number of hydrogen-bond acceptors (Lipinski definition) is 10. The van der Waals surface area contributed by atoms with Crippen molar-refractivity contribution in [1.82, 2.24) is 4.90 Å². The van der Waals surface area contributed by atoms with Crippen LogP contribution >= 0.6 is 0 Å². The number of amides is 1. The van der Waals surface area contributed by atoms with E-state index in [2.05, 4.69) is 37.9 Å². The second-order valence-corrected chi connectivity index (χ2v) is 12.4. The number of methoxy groups -OCH3 is 1. The van der Waals surface area contributed by atoms with Gasteiger partial charge in [-0.2, -0.15) is 0 Å². The number of ether oxygens (including phenoxy) is 3. The maximum atomic E-state index is 13.1. The summed E-state index contributed by atoms with van der Waals surface area (Å²) in [5.41, 5.74) is 22.5. The van der Waals surface area contributed by atoms with Gasteiger partial charge in [0.1, 0.15) is 24.9 Å². The highest BCUT2D eigenvalue weighted by Gasteiger charge is 2.53. The van der Waals surface area contributed by atoms with E-state index in [0.29, 0.717) is 12.8 Å². The van der Waals surface area contributed by atoms with Crippen LogP contribution < -0.4 is 17.2 Å². The maximum Gasteiger partial charge on any atom is 0.244 e. The van der Waals surface area contributed by atoms with Gasteiger partial charge in [-0.1, -0.05) is 28.9 Å². The molecule has 1 aliphatic carbocycles. The van der Waals surface area contributed by atoms with Crippen LogP contribution in [0.2, 0.25) is 0 Å². The minimum absolute atomic E-state index is 0.135. The van der Waals surface area contributed by atoms with Crippen molar-refractivity contribution in [1.29, 1.82) is 0 Å². The Hall–Kier alpha value is -1.96. The Labute approximate surface area is 258 Å². The molecule has 0 spiro atoms. The maximum absolute atomic E-state index is 13.1. The molecule has 43 heavy (non-hydrogen) atoms. The Kier molecular flexibility index (Phi) is 15.7. The summed E-state index contributed by atoms with van der Waals surface area (Å²) in [6.07, 6.45) is 7.72. The number of rotatable bonds is 14. The second-order valence-electron chi connectivity index (χ2n) is 12.4. The smallest absolute Gasteiger partial charge is 0.244 e. The van der Waals surface area contributed by atoms with Gasteiger partial charge in [-0.3, -0.25) is 9.79 Å². The number of nitrogens with two attached hydrogens (primary N) is 3. The van der Waals surface area contributed by atoms with Gasteiger partial charge in [0.2, 0.25) is 5.91 Å². The van der Waals surface area contributed by atoms with Crippen molar-refractivity contribution < 1.29 is 29.2 Å². The highest BCUT2D eigenvalue weighted by atomic mass is 16.7. The summed E-state index contributed by atoms with van der Waals surface area (Å²) in [5, 5.41) is 22.4. The number of carbonyl (C=O) groups excluding carboxylic acids is 1. The quantitative estimate of drug-likeness (QED) is 0.146. The molecule has 8 N–H and O–H groups in total. The zero-order valence-corrected chi connectivity index (χ0v) is 27.2. The fourth-order valence-electron chi connectivity index (χ4n) is 5.55. The largest absolute Gasteiger partial charge is 0.389 e. The Morgan fingerprint density at radius 3 is 2.33 bits per heavy atom. The zero-order valence-electron chi connectivity index (χ0n) is 27.2. The first-order chi connectivity index (χ1) is 20.3. The number of allylic oxidation sites excluding steroid dienone is 6. The molecule has 0 aromatic heterocycles. The lowest BCUT2D eigenvalue weighted by atomic mass is 9.80. The molecule has 2 fully saturated rings. The molecule has 1 heterocycles. The van der Waals surface area contributed by atoms with E-state index < -0.39 is 48.8 Å². The van der Waals surface area contributed by atoms with E-state index in [-0.39, 0.29) is 24.6 Å². The van der Waals surface area contributed by atoms with Crippen LogP contribution in [0.5, 0.6) is 0 Å². The topological polar surface area (TPSA) is 179 Å². The van der Waals surface area contributed by atoms with Crippen LogP contribution in [0, 0.1) is 0 Å². The third-order valence-corrected chi connectivity index (χ3v) is 8.38. The van der Waals surface area contributed by atoms with Gasteiger partial charge in [-0.15, -0.1) is 0 Å². The van der Waals surface area contributed by atoms with Crippen LogP contribution in [0.4, 0.5) is 0 Å². The molecule has 0 aromatic carbocycles. The third kappa shape index (κ3) is 11.2. The van der Waals surface area contributed by atoms with Crippen molar-refractivity contribution in [2.75, 3.05) is 20.7 Å². The number of carbonyl (C=O) groups is 1. The minimum Gasteiger partial charge on any atom is -0.389 e. The summed E-state index contributed by atoms with van der Waals surface area (Å²) < 4.78 is 17.6. The fourth-order valence-corrected chi connectivity index (χ4v) is 5.55. The lowest BCUT2D eigenvalue weighted by molar-refractivity contribution is -0.267. The number of hydrogen-bond donors (Lipinski definition) is 5. The third-order valence-electron chi connectivity index (χ3n) is 8.38. The van der Waals surface area contributed by atoms with Gasteiger partial charge < -0.3 is 46.5 Å². The van der Waals surface area contributed by atoms with Crippen LogP contribution in [-0.4, -0.2) is 109 Å². The molecule has 0 radical (unpaired) electrons. The van der Waals surface area contributed by atoms with E-state index in [9.17, 15) is 15.0 Å². The summed E-state index contributed by atoms with van der Waals surface area (Å²) >= 11 is 0. The molecule has 1 saturated heterocycles. The van der Waals surface area contributed by atoms with E-state index in [4.69, 9.17) is 31.4 Å². The molecule has 2 unspecified atom stereocenters. The standard InChI is InChI=1S/C32H57N5O6/c1-19(2)10-8-11-20(3)12-9-13-21(4)16-17-36-18-25(38)37(6)27-29(40)30(26(35)28(39)31(27)41-7)43-32-23(34)14-15-24(42-32)22(5)33/h10,12,16-17,22-24,26-32,39-40H,8-9,11,13-15,18,33-35H2,1-7H3/b20-12+,21-16+,36-17?/t22?,23-,24+,26+,27+,28+,29-,30?,31-,32-/m1/s1. The first-order valence-electron chi connectivity index (χ1n) is 15.4.